The Morgan fingerprint density at radius 1 is 1.43 bits per heavy atom. The van der Waals surface area contributed by atoms with Gasteiger partial charge in [-0.2, -0.15) is 0 Å². The van der Waals surface area contributed by atoms with Gasteiger partial charge in [-0.15, -0.1) is 0 Å². The molecule has 0 radical (unpaired) electrons. The molecule has 1 fully saturated rings. The molecular formula is C15H22BrN3O2. The van der Waals surface area contributed by atoms with Crippen molar-refractivity contribution >= 4 is 21.9 Å². The molecular weight excluding hydrogens is 334 g/mol. The van der Waals surface area contributed by atoms with E-state index >= 15 is 0 Å². The Balaban J connectivity index is 1.81. The highest BCUT2D eigenvalue weighted by Crippen LogP contribution is 2.24. The van der Waals surface area contributed by atoms with Crippen molar-refractivity contribution in [1.82, 2.24) is 4.90 Å². The van der Waals surface area contributed by atoms with Gasteiger partial charge in [0.1, 0.15) is 5.75 Å². The molecule has 1 aliphatic rings. The molecule has 0 amide bonds. The van der Waals surface area contributed by atoms with E-state index in [-0.39, 0.29) is 0 Å². The van der Waals surface area contributed by atoms with Gasteiger partial charge in [0.2, 0.25) is 0 Å². The van der Waals surface area contributed by atoms with Crippen molar-refractivity contribution in [2.45, 2.75) is 12.8 Å². The second kappa shape index (κ2) is 8.24. The van der Waals surface area contributed by atoms with Crippen LogP contribution in [0.15, 0.2) is 27.7 Å². The number of benzene rings is 1. The number of halogens is 1. The molecule has 0 atom stereocenters. The van der Waals surface area contributed by atoms with Gasteiger partial charge in [0.25, 0.3) is 0 Å². The van der Waals surface area contributed by atoms with Crippen molar-refractivity contribution < 1.29 is 9.47 Å². The zero-order valence-corrected chi connectivity index (χ0v) is 13.9. The summed E-state index contributed by atoms with van der Waals surface area (Å²) in [5.41, 5.74) is 7.19. The second-order valence-corrected chi connectivity index (χ2v) is 5.81. The van der Waals surface area contributed by atoms with Crippen LogP contribution < -0.4 is 10.5 Å². The van der Waals surface area contributed by atoms with Gasteiger partial charge < -0.3 is 20.1 Å². The van der Waals surface area contributed by atoms with E-state index in [0.717, 1.165) is 55.9 Å². The molecule has 1 aromatic carbocycles. The Bertz CT molecular complexity index is 488. The standard InChI is InChI=1S/C15H22BrN3O2/c1-20-14-11-13(16)5-4-12(14)3-2-6-18-15(17)19-7-9-21-10-8-19/h4-5,11H,2-3,6-10H2,1H3,(H2,17,18). The molecule has 6 heteroatoms. The van der Waals surface area contributed by atoms with Gasteiger partial charge in [0.05, 0.1) is 20.3 Å². The summed E-state index contributed by atoms with van der Waals surface area (Å²) < 4.78 is 11.7. The number of rotatable bonds is 5. The smallest absolute Gasteiger partial charge is 0.191 e. The van der Waals surface area contributed by atoms with Crippen LogP contribution in [-0.2, 0) is 11.2 Å². The predicted octanol–water partition coefficient (Wildman–Crippen LogP) is 2.04. The van der Waals surface area contributed by atoms with Gasteiger partial charge in [-0.05, 0) is 30.5 Å². The number of nitrogens with zero attached hydrogens (tertiary/aromatic N) is 2. The number of aliphatic imine (C=N–C) groups is 1. The highest BCUT2D eigenvalue weighted by Gasteiger charge is 2.11. The van der Waals surface area contributed by atoms with Gasteiger partial charge >= 0.3 is 0 Å². The van der Waals surface area contributed by atoms with Crippen molar-refractivity contribution in [3.8, 4) is 5.75 Å². The van der Waals surface area contributed by atoms with Gasteiger partial charge in [-0.1, -0.05) is 22.0 Å². The lowest BCUT2D eigenvalue weighted by Crippen LogP contribution is -2.44. The van der Waals surface area contributed by atoms with E-state index < -0.39 is 0 Å². The molecule has 0 spiro atoms. The molecule has 2 N–H and O–H groups in total. The van der Waals surface area contributed by atoms with E-state index in [4.69, 9.17) is 15.2 Å². The molecule has 0 unspecified atom stereocenters. The van der Waals surface area contributed by atoms with Crippen LogP contribution >= 0.6 is 15.9 Å². The molecule has 0 saturated carbocycles. The molecule has 1 saturated heterocycles. The maximum absolute atomic E-state index is 5.99. The average Bonchev–Trinajstić information content (AvgIpc) is 2.53. The van der Waals surface area contributed by atoms with E-state index in [1.54, 1.807) is 7.11 Å². The number of guanidine groups is 1. The Kier molecular flexibility index (Phi) is 6.32. The van der Waals surface area contributed by atoms with Crippen molar-refractivity contribution in [3.05, 3.63) is 28.2 Å². The summed E-state index contributed by atoms with van der Waals surface area (Å²) in [6, 6.07) is 6.10. The lowest BCUT2D eigenvalue weighted by atomic mass is 10.1. The van der Waals surface area contributed by atoms with Crippen LogP contribution in [0.5, 0.6) is 5.75 Å². The Hall–Kier alpha value is -1.27. The monoisotopic (exact) mass is 355 g/mol. The third-order valence-electron chi connectivity index (χ3n) is 3.46. The fraction of sp³-hybridized carbons (Fsp3) is 0.533. The SMILES string of the molecule is COc1cc(Br)ccc1CCCN=C(N)N1CCOCC1. The van der Waals surface area contributed by atoms with Crippen LogP contribution in [0.25, 0.3) is 0 Å². The van der Waals surface area contributed by atoms with Crippen LogP contribution in [0, 0.1) is 0 Å². The van der Waals surface area contributed by atoms with E-state index in [9.17, 15) is 0 Å². The molecule has 1 aliphatic heterocycles. The zero-order valence-electron chi connectivity index (χ0n) is 12.3. The van der Waals surface area contributed by atoms with Crippen molar-refractivity contribution in [2.24, 2.45) is 10.7 Å². The quantitative estimate of drug-likeness (QED) is 0.498. The van der Waals surface area contributed by atoms with Crippen molar-refractivity contribution in [1.29, 1.82) is 0 Å². The maximum Gasteiger partial charge on any atom is 0.191 e. The molecule has 116 valence electrons. The number of methoxy groups -OCH3 is 1. The van der Waals surface area contributed by atoms with Gasteiger partial charge in [-0.25, -0.2) is 0 Å². The highest BCUT2D eigenvalue weighted by molar-refractivity contribution is 9.10. The molecule has 0 bridgehead atoms. The van der Waals surface area contributed by atoms with Gasteiger partial charge in [0.15, 0.2) is 5.96 Å². The van der Waals surface area contributed by atoms with Crippen molar-refractivity contribution in [3.63, 3.8) is 0 Å². The minimum absolute atomic E-state index is 0.626. The topological polar surface area (TPSA) is 60.1 Å². The van der Waals surface area contributed by atoms with Crippen LogP contribution in [0.2, 0.25) is 0 Å². The Labute approximate surface area is 134 Å². The van der Waals surface area contributed by atoms with E-state index in [2.05, 4.69) is 31.9 Å². The second-order valence-electron chi connectivity index (χ2n) is 4.90. The largest absolute Gasteiger partial charge is 0.496 e. The normalized spacial score (nSPS) is 16.1. The van der Waals surface area contributed by atoms with Crippen LogP contribution in [0.3, 0.4) is 0 Å². The summed E-state index contributed by atoms with van der Waals surface area (Å²) in [7, 11) is 1.69. The van der Waals surface area contributed by atoms with E-state index in [0.29, 0.717) is 5.96 Å². The summed E-state index contributed by atoms with van der Waals surface area (Å²) in [6.07, 6.45) is 1.87. The Morgan fingerprint density at radius 2 is 2.19 bits per heavy atom. The van der Waals surface area contributed by atoms with Gasteiger partial charge in [0, 0.05) is 24.1 Å². The fourth-order valence-corrected chi connectivity index (χ4v) is 2.62. The first-order valence-electron chi connectivity index (χ1n) is 7.15. The minimum Gasteiger partial charge on any atom is -0.496 e. The zero-order chi connectivity index (χ0) is 15.1. The third kappa shape index (κ3) is 4.89. The Morgan fingerprint density at radius 3 is 2.90 bits per heavy atom. The lowest BCUT2D eigenvalue weighted by molar-refractivity contribution is 0.0674. The number of hydrogen-bond acceptors (Lipinski definition) is 3. The first-order valence-corrected chi connectivity index (χ1v) is 7.95. The van der Waals surface area contributed by atoms with Crippen LogP contribution in [-0.4, -0.2) is 50.8 Å². The van der Waals surface area contributed by atoms with Crippen molar-refractivity contribution in [2.75, 3.05) is 40.0 Å². The maximum atomic E-state index is 5.99. The third-order valence-corrected chi connectivity index (χ3v) is 3.96. The molecule has 5 nitrogen and oxygen atoms in total. The van der Waals surface area contributed by atoms with E-state index in [1.165, 1.54) is 5.56 Å². The summed E-state index contributed by atoms with van der Waals surface area (Å²) in [5, 5.41) is 0. The van der Waals surface area contributed by atoms with E-state index in [1.807, 2.05) is 12.1 Å². The number of nitrogens with two attached hydrogens (primary N) is 1. The predicted molar refractivity (Wildman–Crippen MR) is 87.9 cm³/mol. The first kappa shape index (κ1) is 16.1. The summed E-state index contributed by atoms with van der Waals surface area (Å²) in [6.45, 7) is 3.84. The molecule has 0 aliphatic carbocycles. The number of hydrogen-bond donors (Lipinski definition) is 1. The van der Waals surface area contributed by atoms with Crippen LogP contribution in [0.1, 0.15) is 12.0 Å². The lowest BCUT2D eigenvalue weighted by Gasteiger charge is -2.27. The average molecular weight is 356 g/mol. The molecule has 1 heterocycles. The first-order chi connectivity index (χ1) is 10.2. The van der Waals surface area contributed by atoms with Crippen LogP contribution in [0.4, 0.5) is 0 Å². The number of aryl methyl sites for hydroxylation is 1. The molecule has 0 aromatic heterocycles. The van der Waals surface area contributed by atoms with Gasteiger partial charge in [-0.3, -0.25) is 4.99 Å². The molecule has 1 aromatic rings. The highest BCUT2D eigenvalue weighted by atomic mass is 79.9. The summed E-state index contributed by atoms with van der Waals surface area (Å²) >= 11 is 3.45. The minimum atomic E-state index is 0.626. The fourth-order valence-electron chi connectivity index (χ4n) is 2.28. The molecule has 2 rings (SSSR count). The number of morpholine rings is 1. The summed E-state index contributed by atoms with van der Waals surface area (Å²) in [5.74, 6) is 1.54. The molecule has 21 heavy (non-hydrogen) atoms. The number of ether oxygens (including phenoxy) is 2. The summed E-state index contributed by atoms with van der Waals surface area (Å²) in [4.78, 5) is 6.52.